The standard InChI is InChI=1S/C54H41N3O2/c1-34-13-11-17-39(27-34)55(47-19-7-9-21-51(47)58-3)41-24-23-38-30-45-43-26-25-42(56(40-18-12-14-35(2)28-40)48-20-8-10-22-52(48)59-4)33-50(43)57-49-31-37-16-6-5-15-36(37)29-46(49)53(54(45)57)44(38)32-41/h5-33H,1-4H3. The van der Waals surface area contributed by atoms with E-state index >= 15 is 0 Å². The molecule has 0 amide bonds. The molecule has 0 bridgehead atoms. The number of aromatic nitrogens is 1. The van der Waals surface area contributed by atoms with Crippen molar-refractivity contribution in [3.8, 4) is 11.5 Å². The number of para-hydroxylation sites is 4. The van der Waals surface area contributed by atoms with Crippen LogP contribution in [0.25, 0.3) is 59.6 Å². The first kappa shape index (κ1) is 34.7. The summed E-state index contributed by atoms with van der Waals surface area (Å²) in [7, 11) is 3.49. The summed E-state index contributed by atoms with van der Waals surface area (Å²) in [6.07, 6.45) is 0. The molecule has 0 N–H and O–H groups in total. The fraction of sp³-hybridized carbons (Fsp3) is 0.0741. The summed E-state index contributed by atoms with van der Waals surface area (Å²) in [5.41, 5.74) is 12.2. The number of rotatable bonds is 8. The van der Waals surface area contributed by atoms with Gasteiger partial charge < -0.3 is 23.7 Å². The number of ether oxygens (including phenoxy) is 2. The summed E-state index contributed by atoms with van der Waals surface area (Å²) in [6, 6.07) is 63.6. The van der Waals surface area contributed by atoms with E-state index in [1.165, 1.54) is 65.3 Å². The third-order valence-corrected chi connectivity index (χ3v) is 11.9. The van der Waals surface area contributed by atoms with Crippen LogP contribution in [0.2, 0.25) is 0 Å². The molecule has 11 rings (SSSR count). The highest BCUT2D eigenvalue weighted by atomic mass is 16.5. The van der Waals surface area contributed by atoms with E-state index in [9.17, 15) is 0 Å². The first-order valence-corrected chi connectivity index (χ1v) is 20.1. The minimum absolute atomic E-state index is 0.813. The minimum atomic E-state index is 0.813. The highest BCUT2D eigenvalue weighted by Gasteiger charge is 2.25. The average Bonchev–Trinajstić information content (AvgIpc) is 3.77. The highest BCUT2D eigenvalue weighted by Crippen LogP contribution is 2.49. The quantitative estimate of drug-likeness (QED) is 0.154. The predicted molar refractivity (Wildman–Crippen MR) is 248 cm³/mol. The summed E-state index contributed by atoms with van der Waals surface area (Å²) in [5.74, 6) is 1.63. The van der Waals surface area contributed by atoms with E-state index < -0.39 is 0 Å². The lowest BCUT2D eigenvalue weighted by Gasteiger charge is -2.27. The van der Waals surface area contributed by atoms with Gasteiger partial charge in [-0.15, -0.1) is 0 Å². The molecule has 0 unspecified atom stereocenters. The number of benzene rings is 9. The van der Waals surface area contributed by atoms with Crippen molar-refractivity contribution in [3.05, 3.63) is 187 Å². The molecule has 0 atom stereocenters. The van der Waals surface area contributed by atoms with E-state index in [2.05, 4.69) is 180 Å². The summed E-state index contributed by atoms with van der Waals surface area (Å²) < 4.78 is 14.4. The van der Waals surface area contributed by atoms with Crippen LogP contribution in [0.3, 0.4) is 0 Å². The van der Waals surface area contributed by atoms with Crippen LogP contribution < -0.4 is 19.3 Å². The van der Waals surface area contributed by atoms with Crippen molar-refractivity contribution in [2.75, 3.05) is 24.0 Å². The minimum Gasteiger partial charge on any atom is -0.495 e. The van der Waals surface area contributed by atoms with E-state index in [1.807, 2.05) is 24.3 Å². The third-order valence-electron chi connectivity index (χ3n) is 11.9. The number of fused-ring (bicyclic) bond motifs is 9. The molecule has 284 valence electrons. The molecule has 5 heteroatoms. The number of anilines is 6. The maximum atomic E-state index is 5.97. The fourth-order valence-electron chi connectivity index (χ4n) is 9.30. The Labute approximate surface area is 342 Å². The summed E-state index contributed by atoms with van der Waals surface area (Å²) in [6.45, 7) is 4.28. The molecule has 5 nitrogen and oxygen atoms in total. The summed E-state index contributed by atoms with van der Waals surface area (Å²) in [4.78, 5) is 4.63. The maximum Gasteiger partial charge on any atom is 0.142 e. The fourth-order valence-corrected chi connectivity index (χ4v) is 9.30. The van der Waals surface area contributed by atoms with Crippen molar-refractivity contribution < 1.29 is 9.47 Å². The van der Waals surface area contributed by atoms with Crippen LogP contribution in [-0.2, 0) is 0 Å². The Hall–Kier alpha value is -7.50. The average molecular weight is 764 g/mol. The molecule has 2 aromatic heterocycles. The van der Waals surface area contributed by atoms with Crippen LogP contribution >= 0.6 is 0 Å². The molecule has 0 saturated heterocycles. The Morgan fingerprint density at radius 1 is 0.390 bits per heavy atom. The topological polar surface area (TPSA) is 29.4 Å². The largest absolute Gasteiger partial charge is 0.495 e. The van der Waals surface area contributed by atoms with Gasteiger partial charge in [-0.1, -0.05) is 84.9 Å². The Bertz CT molecular complexity index is 3280. The smallest absolute Gasteiger partial charge is 0.142 e. The van der Waals surface area contributed by atoms with Gasteiger partial charge in [0.1, 0.15) is 11.5 Å². The zero-order chi connectivity index (χ0) is 39.8. The van der Waals surface area contributed by atoms with Gasteiger partial charge in [0.05, 0.1) is 42.1 Å². The second kappa shape index (κ2) is 13.6. The zero-order valence-electron chi connectivity index (χ0n) is 33.4. The molecule has 11 aromatic rings. The Balaban J connectivity index is 1.23. The van der Waals surface area contributed by atoms with Crippen molar-refractivity contribution in [2.45, 2.75) is 13.8 Å². The van der Waals surface area contributed by atoms with Crippen molar-refractivity contribution in [2.24, 2.45) is 0 Å². The van der Waals surface area contributed by atoms with Gasteiger partial charge in [0, 0.05) is 44.3 Å². The zero-order valence-corrected chi connectivity index (χ0v) is 33.4. The SMILES string of the molecule is COc1ccccc1N(c1cccc(C)c1)c1ccc2cc3c4ccc(N(c5cccc(C)c5)c5ccccc5OC)cc4n4c5cc6ccccc6cc5c(c2c1)c34. The van der Waals surface area contributed by atoms with E-state index in [-0.39, 0.29) is 0 Å². The van der Waals surface area contributed by atoms with Crippen molar-refractivity contribution >= 4 is 93.8 Å². The molecule has 2 heterocycles. The van der Waals surface area contributed by atoms with Crippen LogP contribution in [0.15, 0.2) is 176 Å². The number of methoxy groups -OCH3 is 2. The van der Waals surface area contributed by atoms with E-state index in [0.717, 1.165) is 51.1 Å². The van der Waals surface area contributed by atoms with Gasteiger partial charge in [-0.05, 0) is 138 Å². The first-order valence-electron chi connectivity index (χ1n) is 20.1. The molecular weight excluding hydrogens is 723 g/mol. The molecule has 0 aliphatic rings. The molecule has 0 aliphatic heterocycles. The summed E-state index contributed by atoms with van der Waals surface area (Å²) in [5, 5.41) is 9.78. The Morgan fingerprint density at radius 3 is 1.54 bits per heavy atom. The van der Waals surface area contributed by atoms with Gasteiger partial charge in [0.2, 0.25) is 0 Å². The normalized spacial score (nSPS) is 11.7. The van der Waals surface area contributed by atoms with Crippen molar-refractivity contribution in [1.29, 1.82) is 0 Å². The van der Waals surface area contributed by atoms with Gasteiger partial charge in [-0.2, -0.15) is 0 Å². The van der Waals surface area contributed by atoms with Gasteiger partial charge in [0.15, 0.2) is 0 Å². The Kier molecular flexibility index (Phi) is 7.99. The van der Waals surface area contributed by atoms with E-state index in [4.69, 9.17) is 9.47 Å². The lowest BCUT2D eigenvalue weighted by atomic mass is 9.98. The molecular formula is C54H41N3O2. The molecule has 59 heavy (non-hydrogen) atoms. The van der Waals surface area contributed by atoms with Crippen LogP contribution in [0, 0.1) is 13.8 Å². The molecule has 0 spiro atoms. The van der Waals surface area contributed by atoms with Crippen LogP contribution in [0.1, 0.15) is 11.1 Å². The van der Waals surface area contributed by atoms with Gasteiger partial charge in [0.25, 0.3) is 0 Å². The van der Waals surface area contributed by atoms with Crippen molar-refractivity contribution in [3.63, 3.8) is 0 Å². The number of hydrogen-bond acceptors (Lipinski definition) is 4. The summed E-state index contributed by atoms with van der Waals surface area (Å²) >= 11 is 0. The van der Waals surface area contributed by atoms with Gasteiger partial charge in [-0.25, -0.2) is 0 Å². The Morgan fingerprint density at radius 2 is 0.915 bits per heavy atom. The van der Waals surface area contributed by atoms with Gasteiger partial charge in [-0.3, -0.25) is 0 Å². The monoisotopic (exact) mass is 763 g/mol. The molecule has 9 aromatic carbocycles. The molecule has 0 radical (unpaired) electrons. The second-order valence-electron chi connectivity index (χ2n) is 15.5. The lowest BCUT2D eigenvalue weighted by molar-refractivity contribution is 0.416. The third kappa shape index (κ3) is 5.46. The lowest BCUT2D eigenvalue weighted by Crippen LogP contribution is -2.11. The predicted octanol–water partition coefficient (Wildman–Crippen LogP) is 14.7. The number of nitrogens with zero attached hydrogens (tertiary/aromatic N) is 3. The molecule has 0 fully saturated rings. The maximum absolute atomic E-state index is 5.97. The van der Waals surface area contributed by atoms with Crippen LogP contribution in [-0.4, -0.2) is 18.6 Å². The first-order chi connectivity index (χ1) is 29.0. The van der Waals surface area contributed by atoms with Gasteiger partial charge >= 0.3 is 0 Å². The number of aryl methyl sites for hydroxylation is 2. The molecule has 0 saturated carbocycles. The van der Waals surface area contributed by atoms with E-state index in [0.29, 0.717) is 0 Å². The van der Waals surface area contributed by atoms with Crippen LogP contribution in [0.4, 0.5) is 34.1 Å². The second-order valence-corrected chi connectivity index (χ2v) is 15.5. The van der Waals surface area contributed by atoms with Crippen LogP contribution in [0.5, 0.6) is 11.5 Å². The highest BCUT2D eigenvalue weighted by molar-refractivity contribution is 6.32. The molecule has 0 aliphatic carbocycles. The number of hydrogen-bond donors (Lipinski definition) is 0. The van der Waals surface area contributed by atoms with Crippen molar-refractivity contribution in [1.82, 2.24) is 4.40 Å². The van der Waals surface area contributed by atoms with E-state index in [1.54, 1.807) is 14.2 Å².